The molecule has 5 nitrogen and oxygen atoms in total. The molecule has 1 rings (SSSR count). The molecule has 0 unspecified atom stereocenters. The first-order valence-corrected chi connectivity index (χ1v) is 6.06. The van der Waals surface area contributed by atoms with Crippen LogP contribution in [0.5, 0.6) is 0 Å². The summed E-state index contributed by atoms with van der Waals surface area (Å²) in [5.41, 5.74) is 0.0666. The van der Waals surface area contributed by atoms with E-state index in [0.29, 0.717) is 31.3 Å². The quantitative estimate of drug-likeness (QED) is 0.410. The molecule has 1 heterocycles. The molecule has 1 aliphatic rings. The molecule has 1 saturated heterocycles. The zero-order chi connectivity index (χ0) is 12.0. The Labute approximate surface area is 99.0 Å². The van der Waals surface area contributed by atoms with Crippen molar-refractivity contribution in [2.24, 2.45) is 0 Å². The van der Waals surface area contributed by atoms with E-state index in [2.05, 4.69) is 4.74 Å². The Hall–Kier alpha value is -1.19. The highest BCUT2D eigenvalue weighted by Crippen LogP contribution is 2.23. The Balaban J connectivity index is 2.95. The fourth-order valence-corrected chi connectivity index (χ4v) is 2.21. The lowest BCUT2D eigenvalue weighted by atomic mass is 10.3. The predicted octanol–water partition coefficient (Wildman–Crippen LogP) is 0.590. The van der Waals surface area contributed by atoms with Gasteiger partial charge in [0.1, 0.15) is 6.07 Å². The summed E-state index contributed by atoms with van der Waals surface area (Å²) in [6.45, 7) is 2.62. The Morgan fingerprint density at radius 2 is 2.12 bits per heavy atom. The third-order valence-electron chi connectivity index (χ3n) is 2.21. The van der Waals surface area contributed by atoms with Crippen LogP contribution in [-0.4, -0.2) is 50.5 Å². The molecular weight excluding hydrogens is 228 g/mol. The van der Waals surface area contributed by atoms with Crippen molar-refractivity contribution in [1.82, 2.24) is 4.90 Å². The van der Waals surface area contributed by atoms with Crippen LogP contribution in [0.2, 0.25) is 0 Å². The molecule has 0 aliphatic carbocycles. The predicted molar refractivity (Wildman–Crippen MR) is 60.6 cm³/mol. The Kier molecular flexibility index (Phi) is 5.15. The fraction of sp³-hybridized carbons (Fsp3) is 0.600. The molecule has 0 aromatic heterocycles. The van der Waals surface area contributed by atoms with Crippen molar-refractivity contribution in [2.45, 2.75) is 0 Å². The number of methoxy groups -OCH3 is 1. The van der Waals surface area contributed by atoms with Gasteiger partial charge in [0, 0.05) is 13.1 Å². The van der Waals surface area contributed by atoms with Crippen LogP contribution in [0.15, 0.2) is 10.6 Å². The zero-order valence-corrected chi connectivity index (χ0v) is 10.2. The van der Waals surface area contributed by atoms with Gasteiger partial charge < -0.3 is 14.4 Å². The normalized spacial score (nSPS) is 17.4. The number of nitriles is 1. The molecule has 0 aromatic carbocycles. The van der Waals surface area contributed by atoms with E-state index >= 15 is 0 Å². The molecule has 1 fully saturated rings. The van der Waals surface area contributed by atoms with Gasteiger partial charge >= 0.3 is 5.97 Å². The number of nitrogens with zero attached hydrogens (tertiary/aromatic N) is 2. The van der Waals surface area contributed by atoms with Gasteiger partial charge in [-0.25, -0.2) is 4.79 Å². The maximum atomic E-state index is 11.4. The van der Waals surface area contributed by atoms with Crippen LogP contribution in [0.1, 0.15) is 0 Å². The maximum absolute atomic E-state index is 11.4. The molecule has 0 N–H and O–H groups in total. The number of carbonyl (C=O) groups excluding carboxylic acids is 1. The average molecular weight is 242 g/mol. The van der Waals surface area contributed by atoms with Gasteiger partial charge in [-0.3, -0.25) is 0 Å². The Morgan fingerprint density at radius 1 is 1.50 bits per heavy atom. The topological polar surface area (TPSA) is 62.6 Å². The van der Waals surface area contributed by atoms with Crippen LogP contribution < -0.4 is 0 Å². The largest absolute Gasteiger partial charge is 0.465 e. The number of ether oxygens (including phenoxy) is 2. The first-order valence-electron chi connectivity index (χ1n) is 4.84. The summed E-state index contributed by atoms with van der Waals surface area (Å²) in [6, 6.07) is 1.90. The van der Waals surface area contributed by atoms with Crippen molar-refractivity contribution in [3.8, 4) is 6.07 Å². The molecule has 88 valence electrons. The maximum Gasteiger partial charge on any atom is 0.351 e. The first-order chi connectivity index (χ1) is 7.74. The summed E-state index contributed by atoms with van der Waals surface area (Å²) in [6.07, 6.45) is 1.84. The highest BCUT2D eigenvalue weighted by molar-refractivity contribution is 8.02. The Bertz CT molecular complexity index is 329. The van der Waals surface area contributed by atoms with Crippen LogP contribution in [0.3, 0.4) is 0 Å². The smallest absolute Gasteiger partial charge is 0.351 e. The minimum atomic E-state index is -0.585. The van der Waals surface area contributed by atoms with Crippen molar-refractivity contribution in [2.75, 3.05) is 39.7 Å². The van der Waals surface area contributed by atoms with Crippen molar-refractivity contribution >= 4 is 17.7 Å². The second-order valence-corrected chi connectivity index (χ2v) is 3.88. The molecule has 0 bridgehead atoms. The molecule has 6 heteroatoms. The third-order valence-corrected chi connectivity index (χ3v) is 3.06. The van der Waals surface area contributed by atoms with Crippen molar-refractivity contribution in [3.63, 3.8) is 0 Å². The zero-order valence-electron chi connectivity index (χ0n) is 9.36. The van der Waals surface area contributed by atoms with E-state index in [4.69, 9.17) is 10.00 Å². The van der Waals surface area contributed by atoms with Gasteiger partial charge in [-0.1, -0.05) is 0 Å². The van der Waals surface area contributed by atoms with E-state index < -0.39 is 5.97 Å². The summed E-state index contributed by atoms with van der Waals surface area (Å²) >= 11 is 1.38. The number of hydrogen-bond acceptors (Lipinski definition) is 6. The molecule has 0 aromatic rings. The van der Waals surface area contributed by atoms with Crippen LogP contribution in [-0.2, 0) is 14.3 Å². The number of carbonyl (C=O) groups is 1. The van der Waals surface area contributed by atoms with Gasteiger partial charge in [0.05, 0.1) is 25.4 Å². The number of thioether (sulfide) groups is 1. The summed E-state index contributed by atoms with van der Waals surface area (Å²) in [5, 5.41) is 9.64. The van der Waals surface area contributed by atoms with E-state index in [1.807, 2.05) is 17.2 Å². The van der Waals surface area contributed by atoms with E-state index in [1.165, 1.54) is 18.9 Å². The summed E-state index contributed by atoms with van der Waals surface area (Å²) < 4.78 is 9.81. The number of esters is 1. The first kappa shape index (κ1) is 12.9. The average Bonchev–Trinajstić information content (AvgIpc) is 2.36. The van der Waals surface area contributed by atoms with Gasteiger partial charge in [0.25, 0.3) is 0 Å². The van der Waals surface area contributed by atoms with E-state index in [0.717, 1.165) is 0 Å². The fourth-order valence-electron chi connectivity index (χ4n) is 1.44. The monoisotopic (exact) mass is 242 g/mol. The van der Waals surface area contributed by atoms with Gasteiger partial charge in [-0.05, 0) is 6.26 Å². The minimum Gasteiger partial charge on any atom is -0.465 e. The standard InChI is InChI=1S/C10H14N2O3S/c1-14-10(13)8(7-11)9(16-2)12-3-5-15-6-4-12/h3-6H2,1-2H3/b9-8-. The van der Waals surface area contributed by atoms with E-state index in [1.54, 1.807) is 0 Å². The molecule has 16 heavy (non-hydrogen) atoms. The summed E-state index contributed by atoms with van der Waals surface area (Å²) in [7, 11) is 1.27. The van der Waals surface area contributed by atoms with Gasteiger partial charge in [0.15, 0.2) is 5.57 Å². The summed E-state index contributed by atoms with van der Waals surface area (Å²) in [5.74, 6) is -0.585. The second-order valence-electron chi connectivity index (χ2n) is 3.09. The molecule has 0 spiro atoms. The van der Waals surface area contributed by atoms with Gasteiger partial charge in [-0.15, -0.1) is 11.8 Å². The molecule has 0 amide bonds. The lowest BCUT2D eigenvalue weighted by molar-refractivity contribution is -0.135. The van der Waals surface area contributed by atoms with Crippen molar-refractivity contribution in [1.29, 1.82) is 5.26 Å². The SMILES string of the molecule is COC(=O)/C(C#N)=C(\SC)N1CCOCC1. The van der Waals surface area contributed by atoms with Crippen molar-refractivity contribution < 1.29 is 14.3 Å². The molecule has 0 radical (unpaired) electrons. The minimum absolute atomic E-state index is 0.0666. The lowest BCUT2D eigenvalue weighted by Crippen LogP contribution is -2.35. The van der Waals surface area contributed by atoms with E-state index in [-0.39, 0.29) is 5.57 Å². The highest BCUT2D eigenvalue weighted by atomic mass is 32.2. The number of rotatable bonds is 3. The molecule has 0 saturated carbocycles. The Morgan fingerprint density at radius 3 is 2.56 bits per heavy atom. The molecule has 0 atom stereocenters. The van der Waals surface area contributed by atoms with Crippen LogP contribution in [0.4, 0.5) is 0 Å². The van der Waals surface area contributed by atoms with Gasteiger partial charge in [-0.2, -0.15) is 5.26 Å². The number of morpholine rings is 1. The van der Waals surface area contributed by atoms with E-state index in [9.17, 15) is 4.79 Å². The third kappa shape index (κ3) is 2.90. The second kappa shape index (κ2) is 6.40. The van der Waals surface area contributed by atoms with Crippen LogP contribution >= 0.6 is 11.8 Å². The molecule has 1 aliphatic heterocycles. The van der Waals surface area contributed by atoms with Crippen LogP contribution in [0, 0.1) is 11.3 Å². The summed E-state index contributed by atoms with van der Waals surface area (Å²) in [4.78, 5) is 13.4. The van der Waals surface area contributed by atoms with Gasteiger partial charge in [0.2, 0.25) is 0 Å². The highest BCUT2D eigenvalue weighted by Gasteiger charge is 2.22. The number of hydrogen-bond donors (Lipinski definition) is 0. The van der Waals surface area contributed by atoms with Crippen molar-refractivity contribution in [3.05, 3.63) is 10.6 Å². The van der Waals surface area contributed by atoms with Crippen LogP contribution in [0.25, 0.3) is 0 Å². The molecular formula is C10H14N2O3S. The lowest BCUT2D eigenvalue weighted by Gasteiger charge is -2.30.